The molecule has 0 spiro atoms. The minimum atomic E-state index is 0.0444. The van der Waals surface area contributed by atoms with Crippen LogP contribution < -0.4 is 10.5 Å². The number of ether oxygens (including phenoxy) is 1. The zero-order chi connectivity index (χ0) is 13.8. The van der Waals surface area contributed by atoms with Crippen molar-refractivity contribution in [3.05, 3.63) is 29.3 Å². The van der Waals surface area contributed by atoms with Gasteiger partial charge in [-0.2, -0.15) is 0 Å². The summed E-state index contributed by atoms with van der Waals surface area (Å²) < 4.78 is 5.31. The summed E-state index contributed by atoms with van der Waals surface area (Å²) in [7, 11) is 3.77. The van der Waals surface area contributed by atoms with Crippen molar-refractivity contribution in [3.8, 4) is 5.75 Å². The first kappa shape index (κ1) is 13.8. The summed E-state index contributed by atoms with van der Waals surface area (Å²) in [5.41, 5.74) is 7.38. The van der Waals surface area contributed by atoms with Crippen molar-refractivity contribution in [1.29, 1.82) is 5.41 Å². The highest BCUT2D eigenvalue weighted by molar-refractivity contribution is 5.97. The van der Waals surface area contributed by atoms with Crippen LogP contribution >= 0.6 is 0 Å². The van der Waals surface area contributed by atoms with E-state index in [0.717, 1.165) is 32.7 Å². The van der Waals surface area contributed by atoms with Gasteiger partial charge in [-0.25, -0.2) is 0 Å². The van der Waals surface area contributed by atoms with E-state index in [2.05, 4.69) is 16.8 Å². The second-order valence-corrected chi connectivity index (χ2v) is 5.03. The van der Waals surface area contributed by atoms with Crippen molar-refractivity contribution in [2.45, 2.75) is 6.54 Å². The summed E-state index contributed by atoms with van der Waals surface area (Å²) in [6, 6.07) is 5.87. The summed E-state index contributed by atoms with van der Waals surface area (Å²) in [6.45, 7) is 5.33. The third-order valence-electron chi connectivity index (χ3n) is 3.56. The molecule has 2 rings (SSSR count). The monoisotopic (exact) mass is 262 g/mol. The number of amidine groups is 1. The highest BCUT2D eigenvalue weighted by atomic mass is 16.5. The molecule has 0 amide bonds. The molecule has 3 N–H and O–H groups in total. The van der Waals surface area contributed by atoms with Gasteiger partial charge in [0.15, 0.2) is 0 Å². The number of nitrogens with zero attached hydrogens (tertiary/aromatic N) is 2. The first-order valence-corrected chi connectivity index (χ1v) is 6.52. The Labute approximate surface area is 114 Å². The topological polar surface area (TPSA) is 65.6 Å². The van der Waals surface area contributed by atoms with Gasteiger partial charge in [0.25, 0.3) is 0 Å². The number of piperazine rings is 1. The molecule has 0 bridgehead atoms. The molecule has 0 aliphatic carbocycles. The molecule has 104 valence electrons. The Kier molecular flexibility index (Phi) is 4.39. The molecule has 1 aliphatic heterocycles. The predicted octanol–water partition coefficient (Wildman–Crippen LogP) is 0.727. The number of hydrogen-bond acceptors (Lipinski definition) is 4. The van der Waals surface area contributed by atoms with Crippen LogP contribution in [0.25, 0.3) is 0 Å². The Hall–Kier alpha value is -1.59. The number of nitrogens with one attached hydrogen (secondary N) is 1. The van der Waals surface area contributed by atoms with Crippen LogP contribution in [0.5, 0.6) is 5.75 Å². The molecule has 1 aliphatic rings. The van der Waals surface area contributed by atoms with Crippen LogP contribution in [0, 0.1) is 5.41 Å². The first-order valence-electron chi connectivity index (χ1n) is 6.52. The average molecular weight is 262 g/mol. The average Bonchev–Trinajstić information content (AvgIpc) is 2.41. The van der Waals surface area contributed by atoms with E-state index in [1.165, 1.54) is 5.56 Å². The van der Waals surface area contributed by atoms with E-state index in [0.29, 0.717) is 11.3 Å². The lowest BCUT2D eigenvalue weighted by atomic mass is 10.1. The Balaban J connectivity index is 2.07. The van der Waals surface area contributed by atoms with E-state index in [1.54, 1.807) is 7.11 Å². The molecule has 5 nitrogen and oxygen atoms in total. The SMILES string of the molecule is COc1cc(CN2CCN(C)CC2)ccc1C(=N)N. The fourth-order valence-electron chi connectivity index (χ4n) is 2.32. The smallest absolute Gasteiger partial charge is 0.130 e. The van der Waals surface area contributed by atoms with Crippen LogP contribution in [0.3, 0.4) is 0 Å². The van der Waals surface area contributed by atoms with Crippen LogP contribution in [-0.2, 0) is 6.54 Å². The Bertz CT molecular complexity index is 453. The summed E-state index contributed by atoms with van der Waals surface area (Å²) in [5.74, 6) is 0.724. The number of nitrogens with two attached hydrogens (primary N) is 1. The van der Waals surface area contributed by atoms with E-state index in [-0.39, 0.29) is 5.84 Å². The molecule has 0 radical (unpaired) electrons. The highest BCUT2D eigenvalue weighted by Crippen LogP contribution is 2.21. The number of likely N-dealkylation sites (N-methyl/N-ethyl adjacent to an activating group) is 1. The van der Waals surface area contributed by atoms with E-state index < -0.39 is 0 Å². The number of nitrogen functional groups attached to an aromatic ring is 1. The van der Waals surface area contributed by atoms with Crippen molar-refractivity contribution in [2.24, 2.45) is 5.73 Å². The Morgan fingerprint density at radius 2 is 2.00 bits per heavy atom. The van der Waals surface area contributed by atoms with Crippen molar-refractivity contribution in [2.75, 3.05) is 40.3 Å². The number of methoxy groups -OCH3 is 1. The number of rotatable bonds is 4. The summed E-state index contributed by atoms with van der Waals surface area (Å²) in [5, 5.41) is 7.51. The van der Waals surface area contributed by atoms with Gasteiger partial charge >= 0.3 is 0 Å². The normalized spacial score (nSPS) is 17.4. The summed E-state index contributed by atoms with van der Waals surface area (Å²) in [4.78, 5) is 4.78. The number of benzene rings is 1. The second-order valence-electron chi connectivity index (χ2n) is 5.03. The van der Waals surface area contributed by atoms with E-state index in [1.807, 2.05) is 18.2 Å². The van der Waals surface area contributed by atoms with Gasteiger partial charge in [-0.3, -0.25) is 10.3 Å². The Morgan fingerprint density at radius 1 is 1.32 bits per heavy atom. The van der Waals surface area contributed by atoms with Gasteiger partial charge in [-0.05, 0) is 24.7 Å². The summed E-state index contributed by atoms with van der Waals surface area (Å²) >= 11 is 0. The van der Waals surface area contributed by atoms with E-state index >= 15 is 0 Å². The fraction of sp³-hybridized carbons (Fsp3) is 0.500. The molecule has 0 atom stereocenters. The number of hydrogen-bond donors (Lipinski definition) is 2. The maximum Gasteiger partial charge on any atom is 0.130 e. The van der Waals surface area contributed by atoms with Gasteiger partial charge in [-0.15, -0.1) is 0 Å². The minimum absolute atomic E-state index is 0.0444. The lowest BCUT2D eigenvalue weighted by molar-refractivity contribution is 0.148. The van der Waals surface area contributed by atoms with Crippen LogP contribution in [0.15, 0.2) is 18.2 Å². The zero-order valence-corrected chi connectivity index (χ0v) is 11.6. The lowest BCUT2D eigenvalue weighted by Gasteiger charge is -2.32. The molecule has 1 heterocycles. The van der Waals surface area contributed by atoms with E-state index in [4.69, 9.17) is 15.9 Å². The molecule has 1 aromatic carbocycles. The molecule has 0 unspecified atom stereocenters. The summed E-state index contributed by atoms with van der Waals surface area (Å²) in [6.07, 6.45) is 0. The van der Waals surface area contributed by atoms with E-state index in [9.17, 15) is 0 Å². The van der Waals surface area contributed by atoms with Crippen molar-refractivity contribution in [3.63, 3.8) is 0 Å². The second kappa shape index (κ2) is 6.04. The van der Waals surface area contributed by atoms with Gasteiger partial charge in [0.2, 0.25) is 0 Å². The standard InChI is InChI=1S/C14H22N4O/c1-17-5-7-18(8-6-17)10-11-3-4-12(14(15)16)13(9-11)19-2/h3-4,9H,5-8,10H2,1-2H3,(H3,15,16). The van der Waals surface area contributed by atoms with Crippen LogP contribution in [0.1, 0.15) is 11.1 Å². The third-order valence-corrected chi connectivity index (χ3v) is 3.56. The minimum Gasteiger partial charge on any atom is -0.496 e. The molecule has 0 saturated carbocycles. The van der Waals surface area contributed by atoms with Gasteiger partial charge in [0.05, 0.1) is 12.7 Å². The van der Waals surface area contributed by atoms with Gasteiger partial charge in [0, 0.05) is 32.7 Å². The zero-order valence-electron chi connectivity index (χ0n) is 11.6. The quantitative estimate of drug-likeness (QED) is 0.620. The van der Waals surface area contributed by atoms with Gasteiger partial charge < -0.3 is 15.4 Å². The maximum atomic E-state index is 7.51. The van der Waals surface area contributed by atoms with Crippen LogP contribution in [0.4, 0.5) is 0 Å². The molecule has 1 saturated heterocycles. The van der Waals surface area contributed by atoms with Crippen LogP contribution in [-0.4, -0.2) is 56.0 Å². The highest BCUT2D eigenvalue weighted by Gasteiger charge is 2.15. The molecular formula is C14H22N4O. The Morgan fingerprint density at radius 3 is 2.58 bits per heavy atom. The third kappa shape index (κ3) is 3.45. The first-order chi connectivity index (χ1) is 9.10. The van der Waals surface area contributed by atoms with Gasteiger partial charge in [-0.1, -0.05) is 6.07 Å². The maximum absolute atomic E-state index is 7.51. The molecule has 19 heavy (non-hydrogen) atoms. The predicted molar refractivity (Wildman–Crippen MR) is 76.8 cm³/mol. The molecule has 0 aromatic heterocycles. The van der Waals surface area contributed by atoms with Crippen LogP contribution in [0.2, 0.25) is 0 Å². The largest absolute Gasteiger partial charge is 0.496 e. The van der Waals surface area contributed by atoms with Crippen molar-refractivity contribution in [1.82, 2.24) is 9.80 Å². The fourth-order valence-corrected chi connectivity index (χ4v) is 2.32. The molecule has 1 fully saturated rings. The molecule has 1 aromatic rings. The molecule has 5 heteroatoms. The lowest BCUT2D eigenvalue weighted by Crippen LogP contribution is -2.43. The van der Waals surface area contributed by atoms with Gasteiger partial charge in [0.1, 0.15) is 11.6 Å². The van der Waals surface area contributed by atoms with Crippen molar-refractivity contribution >= 4 is 5.84 Å². The molecular weight excluding hydrogens is 240 g/mol. The van der Waals surface area contributed by atoms with Crippen molar-refractivity contribution < 1.29 is 4.74 Å².